The van der Waals surface area contributed by atoms with Crippen LogP contribution in [0.5, 0.6) is 0 Å². The molecular formula is C55H62N6O6. The number of aliphatic carboxylic acids is 1. The zero-order chi connectivity index (χ0) is 46.9. The van der Waals surface area contributed by atoms with E-state index < -0.39 is 11.6 Å². The van der Waals surface area contributed by atoms with Crippen LogP contribution in [0.4, 0.5) is 11.4 Å². The number of ether oxygens (including phenoxy) is 1. The van der Waals surface area contributed by atoms with Crippen molar-refractivity contribution in [2.24, 2.45) is 5.92 Å². The number of fused-ring (bicyclic) bond motifs is 2. The highest BCUT2D eigenvalue weighted by atomic mass is 16.5. The van der Waals surface area contributed by atoms with Crippen LogP contribution in [0.3, 0.4) is 0 Å². The number of hydrogen-bond donors (Lipinski definition) is 4. The Bertz CT molecular complexity index is 2740. The minimum absolute atomic E-state index is 0.0568. The van der Waals surface area contributed by atoms with Gasteiger partial charge in [-0.15, -0.1) is 0 Å². The molecule has 67 heavy (non-hydrogen) atoms. The van der Waals surface area contributed by atoms with Gasteiger partial charge in [-0.1, -0.05) is 49.4 Å². The van der Waals surface area contributed by atoms with E-state index >= 15 is 0 Å². The molecule has 4 N–H and O–H groups in total. The monoisotopic (exact) mass is 902 g/mol. The Morgan fingerprint density at radius 1 is 0.851 bits per heavy atom. The van der Waals surface area contributed by atoms with Crippen LogP contribution in [-0.2, 0) is 22.5 Å². The molecule has 12 heteroatoms. The summed E-state index contributed by atoms with van der Waals surface area (Å²) in [6.07, 6.45) is 11.2. The summed E-state index contributed by atoms with van der Waals surface area (Å²) in [6, 6.07) is 33.1. The first-order valence-electron chi connectivity index (χ1n) is 23.8. The maximum absolute atomic E-state index is 14.1. The molecule has 3 amide bonds. The molecule has 1 saturated heterocycles. The fourth-order valence-corrected chi connectivity index (χ4v) is 9.31. The average molecular weight is 903 g/mol. The number of hydrogen-bond acceptors (Lipinski definition) is 7. The molecule has 4 aromatic carbocycles. The van der Waals surface area contributed by atoms with Crippen molar-refractivity contribution in [3.8, 4) is 11.3 Å². The highest BCUT2D eigenvalue weighted by molar-refractivity contribution is 6.07. The minimum Gasteiger partial charge on any atom is -0.481 e. The van der Waals surface area contributed by atoms with Gasteiger partial charge in [-0.2, -0.15) is 0 Å². The molecule has 1 aliphatic heterocycles. The molecule has 2 aliphatic rings. The second-order valence-corrected chi connectivity index (χ2v) is 18.8. The number of amides is 3. The number of anilines is 2. The molecule has 2 aromatic heterocycles. The van der Waals surface area contributed by atoms with Gasteiger partial charge in [0.1, 0.15) is 0 Å². The van der Waals surface area contributed by atoms with Crippen LogP contribution in [0.15, 0.2) is 116 Å². The summed E-state index contributed by atoms with van der Waals surface area (Å²) in [5.41, 5.74) is 8.33. The zero-order valence-electron chi connectivity index (χ0n) is 38.9. The van der Waals surface area contributed by atoms with Gasteiger partial charge in [-0.3, -0.25) is 24.2 Å². The lowest BCUT2D eigenvalue weighted by atomic mass is 9.87. The van der Waals surface area contributed by atoms with E-state index in [1.54, 1.807) is 18.3 Å². The fraction of sp³-hybridized carbons (Fsp3) is 0.364. The van der Waals surface area contributed by atoms with E-state index in [-0.39, 0.29) is 36.1 Å². The first kappa shape index (κ1) is 46.7. The Kier molecular flexibility index (Phi) is 14.8. The van der Waals surface area contributed by atoms with Gasteiger partial charge in [0.2, 0.25) is 0 Å². The molecule has 0 saturated carbocycles. The van der Waals surface area contributed by atoms with Crippen LogP contribution in [0.2, 0.25) is 0 Å². The number of rotatable bonds is 18. The van der Waals surface area contributed by atoms with Gasteiger partial charge in [-0.25, -0.2) is 0 Å². The summed E-state index contributed by atoms with van der Waals surface area (Å²) >= 11 is 0. The molecule has 1 aliphatic carbocycles. The zero-order valence-corrected chi connectivity index (χ0v) is 38.9. The largest absolute Gasteiger partial charge is 0.481 e. The van der Waals surface area contributed by atoms with Gasteiger partial charge in [0, 0.05) is 90.4 Å². The first-order valence-corrected chi connectivity index (χ1v) is 23.8. The normalized spacial score (nSPS) is 15.4. The van der Waals surface area contributed by atoms with Gasteiger partial charge in [0.25, 0.3) is 17.7 Å². The molecule has 2 atom stereocenters. The third-order valence-electron chi connectivity index (χ3n) is 13.2. The van der Waals surface area contributed by atoms with Crippen LogP contribution < -0.4 is 20.9 Å². The highest BCUT2D eigenvalue weighted by Crippen LogP contribution is 2.34. The Hall–Kier alpha value is -6.79. The molecule has 0 radical (unpaired) electrons. The summed E-state index contributed by atoms with van der Waals surface area (Å²) in [5.74, 6) is -1.26. The van der Waals surface area contributed by atoms with E-state index in [4.69, 9.17) is 14.8 Å². The van der Waals surface area contributed by atoms with Gasteiger partial charge < -0.3 is 35.3 Å². The quantitative estimate of drug-likeness (QED) is 0.0665. The first-order chi connectivity index (χ1) is 32.4. The number of carbonyl (C=O) groups excluding carboxylic acids is 3. The smallest absolute Gasteiger partial charge is 0.303 e. The lowest BCUT2D eigenvalue weighted by Crippen LogP contribution is -2.31. The Balaban J connectivity index is 0.948. The van der Waals surface area contributed by atoms with Crippen molar-refractivity contribution in [2.75, 3.05) is 36.5 Å². The number of piperidine rings is 1. The number of carbonyl (C=O) groups is 4. The molecule has 0 spiro atoms. The van der Waals surface area contributed by atoms with Crippen molar-refractivity contribution in [1.82, 2.24) is 20.2 Å². The van der Waals surface area contributed by atoms with E-state index in [0.29, 0.717) is 54.2 Å². The number of nitrogens with one attached hydrogen (secondary N) is 3. The van der Waals surface area contributed by atoms with E-state index in [0.717, 1.165) is 79.3 Å². The summed E-state index contributed by atoms with van der Waals surface area (Å²) < 4.78 is 8.04. The molecule has 0 bridgehead atoms. The molecule has 12 nitrogen and oxygen atoms in total. The van der Waals surface area contributed by atoms with Gasteiger partial charge >= 0.3 is 5.97 Å². The summed E-state index contributed by atoms with van der Waals surface area (Å²) in [7, 11) is 0. The molecular weight excluding hydrogens is 841 g/mol. The number of aryl methyl sites for hydroxylation is 1. The number of carboxylic acids is 1. The highest BCUT2D eigenvalue weighted by Gasteiger charge is 2.24. The number of aromatic nitrogens is 2. The second kappa shape index (κ2) is 21.2. The lowest BCUT2D eigenvalue weighted by molar-refractivity contribution is -0.138. The SMILES string of the molecule is C[C@@H](CCOC(C)(C)CCC(=O)O)CNC(=O)c1cccc2c1ccn2Cc1cccc(C(=O)Nc2ccc(N3CCCCC3)cc2-c2cc(C(=O)NC3CCCc4ccccc43)ccn2)c1. The number of benzene rings is 4. The third kappa shape index (κ3) is 11.8. The molecule has 3 heterocycles. The third-order valence-corrected chi connectivity index (χ3v) is 13.2. The van der Waals surface area contributed by atoms with E-state index in [9.17, 15) is 19.2 Å². The number of pyridine rings is 1. The van der Waals surface area contributed by atoms with Crippen LogP contribution in [-0.4, -0.2) is 70.2 Å². The fourth-order valence-electron chi connectivity index (χ4n) is 9.31. The predicted octanol–water partition coefficient (Wildman–Crippen LogP) is 10.2. The van der Waals surface area contributed by atoms with Crippen LogP contribution in [0, 0.1) is 5.92 Å². The number of nitrogens with zero attached hydrogens (tertiary/aromatic N) is 3. The second-order valence-electron chi connectivity index (χ2n) is 18.8. The standard InChI is InChI=1S/C55H62N6O6/c1-37(25-31-67-55(2,3)26-22-51(62)63)35-57-54(66)45-17-11-19-50-44(45)24-30-61(50)36-38-12-9-15-40(32-38)52(64)59-48-21-20-42(60-28-7-4-8-29-60)34-46(48)49-33-41(23-27-56-49)53(65)58-47-18-10-14-39-13-5-6-16-43(39)47/h5-6,9,11-13,15-17,19-21,23-24,27,30,32-34,37,47H,4,7-8,10,14,18,22,25-26,28-29,31,35-36H2,1-3H3,(H,57,66)(H,58,65)(H,59,64)(H,62,63)/t37-,47?/m0/s1. The maximum Gasteiger partial charge on any atom is 0.303 e. The maximum atomic E-state index is 14.1. The van der Waals surface area contributed by atoms with Crippen LogP contribution >= 0.6 is 0 Å². The summed E-state index contributed by atoms with van der Waals surface area (Å²) in [5, 5.41) is 19.4. The molecule has 6 aromatic rings. The van der Waals surface area contributed by atoms with Crippen molar-refractivity contribution in [1.29, 1.82) is 0 Å². The van der Waals surface area contributed by atoms with Crippen molar-refractivity contribution in [3.63, 3.8) is 0 Å². The van der Waals surface area contributed by atoms with E-state index in [1.807, 2.05) is 80.7 Å². The average Bonchev–Trinajstić information content (AvgIpc) is 3.75. The van der Waals surface area contributed by atoms with Gasteiger partial charge in [-0.05, 0) is 148 Å². The minimum atomic E-state index is -0.838. The Morgan fingerprint density at radius 3 is 2.49 bits per heavy atom. The van der Waals surface area contributed by atoms with Crippen molar-refractivity contribution in [3.05, 3.63) is 149 Å². The van der Waals surface area contributed by atoms with Gasteiger partial charge in [0.05, 0.1) is 23.0 Å². The lowest BCUT2D eigenvalue weighted by Gasteiger charge is -2.29. The van der Waals surface area contributed by atoms with Crippen molar-refractivity contribution >= 4 is 46.0 Å². The van der Waals surface area contributed by atoms with Crippen LogP contribution in [0.1, 0.15) is 126 Å². The Morgan fingerprint density at radius 2 is 1.66 bits per heavy atom. The van der Waals surface area contributed by atoms with E-state index in [2.05, 4.69) is 62.7 Å². The topological polar surface area (TPSA) is 155 Å². The summed E-state index contributed by atoms with van der Waals surface area (Å²) in [6.45, 7) is 9.20. The molecule has 1 fully saturated rings. The molecule has 348 valence electrons. The molecule has 8 rings (SSSR count). The van der Waals surface area contributed by atoms with Gasteiger partial charge in [0.15, 0.2) is 0 Å². The van der Waals surface area contributed by atoms with E-state index in [1.165, 1.54) is 17.5 Å². The van der Waals surface area contributed by atoms with Crippen molar-refractivity contribution in [2.45, 2.75) is 96.7 Å². The Labute approximate surface area is 393 Å². The van der Waals surface area contributed by atoms with Crippen LogP contribution in [0.25, 0.3) is 22.2 Å². The molecule has 1 unspecified atom stereocenters. The van der Waals surface area contributed by atoms with Crippen molar-refractivity contribution < 1.29 is 29.0 Å². The predicted molar refractivity (Wildman–Crippen MR) is 264 cm³/mol. The summed E-state index contributed by atoms with van der Waals surface area (Å²) in [4.78, 5) is 59.5. The number of carboxylic acid groups (broad SMARTS) is 1.